The summed E-state index contributed by atoms with van der Waals surface area (Å²) in [6.07, 6.45) is 0.240. The molecule has 1 heterocycles. The number of methoxy groups -OCH3 is 1. The molecule has 0 saturated carbocycles. The first-order valence-electron chi connectivity index (χ1n) is 12.6. The van der Waals surface area contributed by atoms with E-state index in [4.69, 9.17) is 17.0 Å². The van der Waals surface area contributed by atoms with Crippen LogP contribution in [0.3, 0.4) is 0 Å². The molecule has 38 heavy (non-hydrogen) atoms. The lowest BCUT2D eigenvalue weighted by molar-refractivity contribution is -0.154. The molecule has 0 spiro atoms. The summed E-state index contributed by atoms with van der Waals surface area (Å²) in [5.41, 5.74) is 1.81. The molecule has 0 aliphatic carbocycles. The van der Waals surface area contributed by atoms with Crippen molar-refractivity contribution in [1.29, 1.82) is 0 Å². The van der Waals surface area contributed by atoms with Crippen molar-refractivity contribution in [1.82, 2.24) is 20.0 Å². The fourth-order valence-corrected chi connectivity index (χ4v) is 5.27. The molecule has 0 aromatic heterocycles. The van der Waals surface area contributed by atoms with Crippen LogP contribution in [-0.4, -0.2) is 82.1 Å². The van der Waals surface area contributed by atoms with E-state index >= 15 is 0 Å². The first-order chi connectivity index (χ1) is 18.3. The van der Waals surface area contributed by atoms with Crippen molar-refractivity contribution in [2.75, 3.05) is 39.3 Å². The Morgan fingerprint density at radius 1 is 1.05 bits per heavy atom. The number of carbonyl (C=O) groups is 3. The quantitative estimate of drug-likeness (QED) is 0.316. The maximum atomic E-state index is 13.7. The van der Waals surface area contributed by atoms with Gasteiger partial charge in [0.15, 0.2) is 0 Å². The molecule has 1 atom stereocenters. The van der Waals surface area contributed by atoms with Crippen LogP contribution in [-0.2, 0) is 32.1 Å². The number of benzene rings is 2. The Bertz CT molecular complexity index is 1080. The van der Waals surface area contributed by atoms with Crippen molar-refractivity contribution in [2.45, 2.75) is 32.9 Å². The molecule has 1 N–H and O–H groups in total. The van der Waals surface area contributed by atoms with E-state index in [0.717, 1.165) is 22.0 Å². The van der Waals surface area contributed by atoms with E-state index in [9.17, 15) is 14.4 Å². The van der Waals surface area contributed by atoms with E-state index in [-0.39, 0.29) is 31.3 Å². The third kappa shape index (κ3) is 9.11. The maximum Gasteiger partial charge on any atom is 0.328 e. The molecule has 0 unspecified atom stereocenters. The minimum Gasteiger partial charge on any atom is -0.467 e. The molecular formula is C28H36N4O4S2. The zero-order valence-electron chi connectivity index (χ0n) is 22.2. The van der Waals surface area contributed by atoms with Gasteiger partial charge >= 0.3 is 5.97 Å². The highest BCUT2D eigenvalue weighted by molar-refractivity contribution is 8.22. The van der Waals surface area contributed by atoms with Gasteiger partial charge in [0.1, 0.15) is 16.9 Å². The maximum absolute atomic E-state index is 13.7. The summed E-state index contributed by atoms with van der Waals surface area (Å²) < 4.78 is 5.90. The largest absolute Gasteiger partial charge is 0.467 e. The Kier molecular flexibility index (Phi) is 11.6. The second-order valence-electron chi connectivity index (χ2n) is 9.64. The summed E-state index contributed by atoms with van der Waals surface area (Å²) in [7, 11) is 1.30. The fourth-order valence-electron chi connectivity index (χ4n) is 4.20. The molecule has 2 aromatic rings. The molecule has 1 aliphatic heterocycles. The number of hydrogen-bond donors (Lipinski definition) is 1. The Morgan fingerprint density at radius 2 is 1.68 bits per heavy atom. The number of nitrogens with zero attached hydrogens (tertiary/aromatic N) is 3. The summed E-state index contributed by atoms with van der Waals surface area (Å²) in [6.45, 7) is 5.68. The average Bonchev–Trinajstić information content (AvgIpc) is 2.91. The number of amides is 2. The zero-order chi connectivity index (χ0) is 27.5. The molecule has 0 radical (unpaired) electrons. The lowest BCUT2D eigenvalue weighted by Gasteiger charge is -2.38. The van der Waals surface area contributed by atoms with E-state index in [0.29, 0.717) is 25.0 Å². The number of ether oxygens (including phenoxy) is 1. The van der Waals surface area contributed by atoms with E-state index in [1.807, 2.05) is 65.6 Å². The van der Waals surface area contributed by atoms with Crippen molar-refractivity contribution >= 4 is 46.1 Å². The third-order valence-corrected chi connectivity index (χ3v) is 7.64. The number of thiocarbonyl (C=S) groups is 1. The van der Waals surface area contributed by atoms with Crippen LogP contribution >= 0.6 is 24.0 Å². The van der Waals surface area contributed by atoms with Gasteiger partial charge in [0, 0.05) is 19.5 Å². The van der Waals surface area contributed by atoms with Crippen molar-refractivity contribution in [3.05, 3.63) is 71.8 Å². The second kappa shape index (κ2) is 14.8. The van der Waals surface area contributed by atoms with E-state index < -0.39 is 12.0 Å². The molecule has 1 aliphatic rings. The fraction of sp³-hybridized carbons (Fsp3) is 0.429. The predicted octanol–water partition coefficient (Wildman–Crippen LogP) is 3.12. The second-order valence-corrected chi connectivity index (χ2v) is 11.2. The summed E-state index contributed by atoms with van der Waals surface area (Å²) in [6, 6.07) is 18.0. The third-order valence-electron chi connectivity index (χ3n) is 6.03. The number of nitrogens with one attached hydrogen (secondary N) is 1. The van der Waals surface area contributed by atoms with Gasteiger partial charge in [-0.2, -0.15) is 0 Å². The monoisotopic (exact) mass is 556 g/mol. The van der Waals surface area contributed by atoms with Gasteiger partial charge in [-0.15, -0.1) is 0 Å². The molecule has 2 amide bonds. The van der Waals surface area contributed by atoms with Crippen LogP contribution in [0, 0.1) is 5.92 Å². The van der Waals surface area contributed by atoms with Crippen LogP contribution in [0.2, 0.25) is 0 Å². The van der Waals surface area contributed by atoms with Gasteiger partial charge in [0.25, 0.3) is 0 Å². The van der Waals surface area contributed by atoms with Gasteiger partial charge in [-0.3, -0.25) is 14.5 Å². The number of esters is 1. The van der Waals surface area contributed by atoms with E-state index in [1.165, 1.54) is 23.8 Å². The number of hydrogen-bond acceptors (Lipinski definition) is 7. The van der Waals surface area contributed by atoms with Crippen LogP contribution < -0.4 is 5.32 Å². The lowest BCUT2D eigenvalue weighted by Crippen LogP contribution is -2.55. The van der Waals surface area contributed by atoms with Gasteiger partial charge in [-0.1, -0.05) is 98.5 Å². The highest BCUT2D eigenvalue weighted by atomic mass is 32.2. The highest BCUT2D eigenvalue weighted by Crippen LogP contribution is 2.20. The summed E-state index contributed by atoms with van der Waals surface area (Å²) >= 11 is 7.02. The van der Waals surface area contributed by atoms with Gasteiger partial charge in [-0.25, -0.2) is 4.79 Å². The number of thioether (sulfide) groups is 1. The number of carbonyl (C=O) groups excluding carboxylic acids is 3. The summed E-state index contributed by atoms with van der Waals surface area (Å²) in [4.78, 5) is 45.1. The van der Waals surface area contributed by atoms with Gasteiger partial charge in [0.2, 0.25) is 11.8 Å². The highest BCUT2D eigenvalue weighted by Gasteiger charge is 2.34. The Hall–Kier alpha value is -2.95. The smallest absolute Gasteiger partial charge is 0.328 e. The minimum absolute atomic E-state index is 0.0540. The molecule has 2 aromatic carbocycles. The van der Waals surface area contributed by atoms with Crippen LogP contribution in [0.5, 0.6) is 0 Å². The zero-order valence-corrected chi connectivity index (χ0v) is 23.8. The minimum atomic E-state index is -0.942. The standard InChI is InChI=1S/C28H36N4O4S2/c1-21(2)16-31-19-30(20-38-28(31)37)18-26(34)32(17-25(33)29-15-23-12-8-5-9-13-23)24(27(35)36-3)14-22-10-6-4-7-11-22/h4-13,21,24H,14-20H2,1-3H3,(H,29,33)/t24-/m0/s1. The van der Waals surface area contributed by atoms with Gasteiger partial charge in [-0.05, 0) is 17.0 Å². The Balaban J connectivity index is 1.78. The van der Waals surface area contributed by atoms with Crippen molar-refractivity contribution < 1.29 is 19.1 Å². The molecule has 204 valence electrons. The predicted molar refractivity (Wildman–Crippen MR) is 154 cm³/mol. The van der Waals surface area contributed by atoms with E-state index in [2.05, 4.69) is 24.1 Å². The first-order valence-corrected chi connectivity index (χ1v) is 14.0. The SMILES string of the molecule is COC(=O)[C@H](Cc1ccccc1)N(CC(=O)NCc1ccccc1)C(=O)CN1CSC(=S)N(CC(C)C)C1. The topological polar surface area (TPSA) is 82.2 Å². The summed E-state index contributed by atoms with van der Waals surface area (Å²) in [5.74, 6) is -0.240. The number of rotatable bonds is 12. The van der Waals surface area contributed by atoms with Crippen LogP contribution in [0.4, 0.5) is 0 Å². The molecule has 1 fully saturated rings. The first kappa shape index (κ1) is 29.6. The van der Waals surface area contributed by atoms with Crippen LogP contribution in [0.1, 0.15) is 25.0 Å². The van der Waals surface area contributed by atoms with Crippen LogP contribution in [0.25, 0.3) is 0 Å². The molecule has 10 heteroatoms. The van der Waals surface area contributed by atoms with Crippen LogP contribution in [0.15, 0.2) is 60.7 Å². The normalized spacial score (nSPS) is 14.7. The molecule has 3 rings (SSSR count). The Morgan fingerprint density at radius 3 is 2.29 bits per heavy atom. The molecule has 0 bridgehead atoms. The molecule has 8 nitrogen and oxygen atoms in total. The van der Waals surface area contributed by atoms with Crippen molar-refractivity contribution in [3.63, 3.8) is 0 Å². The average molecular weight is 557 g/mol. The summed E-state index contributed by atoms with van der Waals surface area (Å²) in [5, 5.41) is 2.87. The van der Waals surface area contributed by atoms with Crippen molar-refractivity contribution in [3.8, 4) is 0 Å². The molecular weight excluding hydrogens is 520 g/mol. The lowest BCUT2D eigenvalue weighted by atomic mass is 10.0. The Labute approximate surface area is 234 Å². The van der Waals surface area contributed by atoms with Gasteiger partial charge in [0.05, 0.1) is 26.2 Å². The van der Waals surface area contributed by atoms with Crippen molar-refractivity contribution in [2.24, 2.45) is 5.92 Å². The molecule has 1 saturated heterocycles. The van der Waals surface area contributed by atoms with Gasteiger partial charge < -0.3 is 19.9 Å². The van der Waals surface area contributed by atoms with E-state index in [1.54, 1.807) is 0 Å².